The molecule has 0 aliphatic rings. The maximum absolute atomic E-state index is 11.4. The van der Waals surface area contributed by atoms with E-state index in [2.05, 4.69) is 10.1 Å². The monoisotopic (exact) mass is 197 g/mol. The lowest BCUT2D eigenvalue weighted by Gasteiger charge is -2.11. The molecule has 0 saturated heterocycles. The van der Waals surface area contributed by atoms with Crippen LogP contribution in [0.1, 0.15) is 38.4 Å². The average Bonchev–Trinajstić information content (AvgIpc) is 2.11. The van der Waals surface area contributed by atoms with Gasteiger partial charge in [0.15, 0.2) is 0 Å². The van der Waals surface area contributed by atoms with Crippen molar-refractivity contribution in [3.05, 3.63) is 26.5 Å². The summed E-state index contributed by atoms with van der Waals surface area (Å²) < 4.78 is 1.33. The van der Waals surface area contributed by atoms with Crippen molar-refractivity contribution in [3.8, 4) is 0 Å². The minimum Gasteiger partial charge on any atom is -0.271 e. The van der Waals surface area contributed by atoms with Crippen LogP contribution in [0.15, 0.2) is 9.59 Å². The highest BCUT2D eigenvalue weighted by Gasteiger charge is 2.08. The van der Waals surface area contributed by atoms with E-state index in [1.807, 2.05) is 13.8 Å². The van der Waals surface area contributed by atoms with Crippen LogP contribution in [0.3, 0.4) is 0 Å². The van der Waals surface area contributed by atoms with Gasteiger partial charge in [-0.1, -0.05) is 13.3 Å². The number of aromatic nitrogens is 3. The Morgan fingerprint density at radius 2 is 2.14 bits per heavy atom. The first-order valence-electron chi connectivity index (χ1n) is 4.76. The number of nitrogens with one attached hydrogen (secondary N) is 1. The van der Waals surface area contributed by atoms with Gasteiger partial charge in [0.2, 0.25) is 0 Å². The lowest BCUT2D eigenvalue weighted by atomic mass is 10.2. The molecule has 78 valence electrons. The van der Waals surface area contributed by atoms with Gasteiger partial charge in [-0.25, -0.2) is 9.48 Å². The first-order chi connectivity index (χ1) is 6.56. The van der Waals surface area contributed by atoms with Gasteiger partial charge < -0.3 is 0 Å². The Bertz CT molecular complexity index is 419. The summed E-state index contributed by atoms with van der Waals surface area (Å²) in [6.07, 6.45) is 1.85. The Balaban J connectivity index is 3.16. The molecule has 1 aromatic rings. The maximum atomic E-state index is 11.4. The standard InChI is InChI=1S/C9H15N3O2/c1-4-5-6(2)12-9(14)10-8(13)7(3)11-12/h6H,4-5H2,1-3H3,(H,10,13,14). The summed E-state index contributed by atoms with van der Waals surface area (Å²) in [4.78, 5) is 24.6. The second-order valence-electron chi connectivity index (χ2n) is 3.43. The zero-order valence-electron chi connectivity index (χ0n) is 8.70. The van der Waals surface area contributed by atoms with E-state index in [9.17, 15) is 9.59 Å². The van der Waals surface area contributed by atoms with Crippen LogP contribution in [0.4, 0.5) is 0 Å². The molecular formula is C9H15N3O2. The van der Waals surface area contributed by atoms with Gasteiger partial charge in [0, 0.05) is 0 Å². The van der Waals surface area contributed by atoms with E-state index in [-0.39, 0.29) is 6.04 Å². The summed E-state index contributed by atoms with van der Waals surface area (Å²) >= 11 is 0. The van der Waals surface area contributed by atoms with Gasteiger partial charge in [-0.15, -0.1) is 0 Å². The molecule has 0 fully saturated rings. The van der Waals surface area contributed by atoms with Crippen molar-refractivity contribution in [2.45, 2.75) is 39.7 Å². The van der Waals surface area contributed by atoms with Crippen molar-refractivity contribution in [2.75, 3.05) is 0 Å². The minimum absolute atomic E-state index is 0.0306. The van der Waals surface area contributed by atoms with E-state index in [0.717, 1.165) is 12.8 Å². The highest BCUT2D eigenvalue weighted by Crippen LogP contribution is 2.07. The number of rotatable bonds is 3. The van der Waals surface area contributed by atoms with Gasteiger partial charge >= 0.3 is 5.69 Å². The molecule has 1 unspecified atom stereocenters. The zero-order chi connectivity index (χ0) is 10.7. The molecule has 0 radical (unpaired) electrons. The summed E-state index contributed by atoms with van der Waals surface area (Å²) in [5, 5.41) is 3.95. The van der Waals surface area contributed by atoms with Crippen molar-refractivity contribution in [1.29, 1.82) is 0 Å². The summed E-state index contributed by atoms with van der Waals surface area (Å²) in [6.45, 7) is 5.54. The number of aryl methyl sites for hydroxylation is 1. The molecule has 1 heterocycles. The molecule has 1 rings (SSSR count). The lowest BCUT2D eigenvalue weighted by Crippen LogP contribution is -2.35. The van der Waals surface area contributed by atoms with E-state index < -0.39 is 11.2 Å². The van der Waals surface area contributed by atoms with Crippen LogP contribution in [0.25, 0.3) is 0 Å². The van der Waals surface area contributed by atoms with Crippen LogP contribution in [-0.2, 0) is 0 Å². The number of hydrogen-bond donors (Lipinski definition) is 1. The van der Waals surface area contributed by atoms with Gasteiger partial charge in [-0.05, 0) is 20.3 Å². The molecule has 1 aromatic heterocycles. The summed E-state index contributed by atoms with van der Waals surface area (Å²) in [5.74, 6) is 0. The molecule has 1 atom stereocenters. The first-order valence-corrected chi connectivity index (χ1v) is 4.76. The highest BCUT2D eigenvalue weighted by molar-refractivity contribution is 4.88. The van der Waals surface area contributed by atoms with E-state index in [4.69, 9.17) is 0 Å². The third-order valence-electron chi connectivity index (χ3n) is 2.14. The predicted molar refractivity (Wildman–Crippen MR) is 53.5 cm³/mol. The summed E-state index contributed by atoms with van der Waals surface area (Å²) in [5.41, 5.74) is -0.510. The molecule has 1 N–H and O–H groups in total. The van der Waals surface area contributed by atoms with Gasteiger partial charge in [0.25, 0.3) is 5.56 Å². The van der Waals surface area contributed by atoms with E-state index >= 15 is 0 Å². The fourth-order valence-electron chi connectivity index (χ4n) is 1.34. The van der Waals surface area contributed by atoms with Crippen LogP contribution in [-0.4, -0.2) is 14.8 Å². The Hall–Kier alpha value is -1.39. The lowest BCUT2D eigenvalue weighted by molar-refractivity contribution is 0.418. The Morgan fingerprint density at radius 1 is 1.50 bits per heavy atom. The second kappa shape index (κ2) is 4.21. The van der Waals surface area contributed by atoms with Crippen LogP contribution in [0.2, 0.25) is 0 Å². The third kappa shape index (κ3) is 2.10. The average molecular weight is 197 g/mol. The minimum atomic E-state index is -0.429. The molecule has 5 heteroatoms. The topological polar surface area (TPSA) is 67.8 Å². The van der Waals surface area contributed by atoms with Crippen LogP contribution in [0, 0.1) is 6.92 Å². The molecule has 0 spiro atoms. The van der Waals surface area contributed by atoms with Crippen molar-refractivity contribution in [3.63, 3.8) is 0 Å². The molecule has 0 saturated carbocycles. The zero-order valence-corrected chi connectivity index (χ0v) is 8.70. The van der Waals surface area contributed by atoms with Crippen LogP contribution >= 0.6 is 0 Å². The van der Waals surface area contributed by atoms with Crippen molar-refractivity contribution < 1.29 is 0 Å². The van der Waals surface area contributed by atoms with Gasteiger partial charge in [-0.2, -0.15) is 5.10 Å². The Kier molecular flexibility index (Phi) is 3.22. The molecule has 0 bridgehead atoms. The summed E-state index contributed by atoms with van der Waals surface area (Å²) in [7, 11) is 0. The number of nitrogens with zero attached hydrogens (tertiary/aromatic N) is 2. The highest BCUT2D eigenvalue weighted by atomic mass is 16.2. The van der Waals surface area contributed by atoms with Crippen molar-refractivity contribution >= 4 is 0 Å². The van der Waals surface area contributed by atoms with Crippen LogP contribution in [0.5, 0.6) is 0 Å². The van der Waals surface area contributed by atoms with E-state index in [0.29, 0.717) is 5.69 Å². The Labute approximate surface area is 81.8 Å². The molecule has 0 amide bonds. The smallest absolute Gasteiger partial charge is 0.271 e. The summed E-state index contributed by atoms with van der Waals surface area (Å²) in [6, 6.07) is 0.0306. The Morgan fingerprint density at radius 3 is 2.71 bits per heavy atom. The predicted octanol–water partition coefficient (Wildman–Crippen LogP) is 0.601. The third-order valence-corrected chi connectivity index (χ3v) is 2.14. The molecule has 0 aliphatic carbocycles. The SMILES string of the molecule is CCCC(C)n1nc(C)c(=O)[nH]c1=O. The van der Waals surface area contributed by atoms with Crippen LogP contribution < -0.4 is 11.2 Å². The number of aromatic amines is 1. The van der Waals surface area contributed by atoms with E-state index in [1.54, 1.807) is 6.92 Å². The largest absolute Gasteiger partial charge is 0.345 e. The van der Waals surface area contributed by atoms with Gasteiger partial charge in [0.05, 0.1) is 6.04 Å². The fraction of sp³-hybridized carbons (Fsp3) is 0.667. The first kappa shape index (κ1) is 10.7. The van der Waals surface area contributed by atoms with Crippen molar-refractivity contribution in [2.24, 2.45) is 0 Å². The maximum Gasteiger partial charge on any atom is 0.345 e. The van der Waals surface area contributed by atoms with E-state index in [1.165, 1.54) is 4.68 Å². The molecular weight excluding hydrogens is 182 g/mol. The molecule has 14 heavy (non-hydrogen) atoms. The number of H-pyrrole nitrogens is 1. The second-order valence-corrected chi connectivity index (χ2v) is 3.43. The van der Waals surface area contributed by atoms with Gasteiger partial charge in [-0.3, -0.25) is 9.78 Å². The number of hydrogen-bond acceptors (Lipinski definition) is 3. The van der Waals surface area contributed by atoms with Gasteiger partial charge in [0.1, 0.15) is 5.69 Å². The molecule has 0 aliphatic heterocycles. The quantitative estimate of drug-likeness (QED) is 0.771. The normalized spacial score (nSPS) is 12.8. The fourth-order valence-corrected chi connectivity index (χ4v) is 1.34. The molecule has 0 aromatic carbocycles. The molecule has 5 nitrogen and oxygen atoms in total. The van der Waals surface area contributed by atoms with Crippen molar-refractivity contribution in [1.82, 2.24) is 14.8 Å².